The second-order valence-electron chi connectivity index (χ2n) is 10.4. The van der Waals surface area contributed by atoms with E-state index in [0.717, 1.165) is 55.4 Å². The molecule has 0 bridgehead atoms. The molecule has 42 heavy (non-hydrogen) atoms. The minimum absolute atomic E-state index is 0.256. The first-order valence-corrected chi connectivity index (χ1v) is 15.2. The molecule has 2 atom stereocenters. The normalized spacial score (nSPS) is 16.8. The molecule has 0 spiro atoms. The summed E-state index contributed by atoms with van der Waals surface area (Å²) in [6.07, 6.45) is 13.3. The SMILES string of the molecule is CC(=C/C(=C/C=C(\N(C)C)N1CCN(c2cnc(C)nc2)CC1)[C@@H](CF)Nc1ccc(F)cc1S(C)=O)/C=C(\C)C=O. The lowest BCUT2D eigenvalue weighted by Crippen LogP contribution is -2.48. The van der Waals surface area contributed by atoms with E-state index in [0.29, 0.717) is 16.8 Å². The van der Waals surface area contributed by atoms with Crippen molar-refractivity contribution >= 4 is 28.5 Å². The molecule has 1 saturated heterocycles. The van der Waals surface area contributed by atoms with Crippen LogP contribution in [-0.4, -0.2) is 89.5 Å². The first-order chi connectivity index (χ1) is 20.0. The summed E-state index contributed by atoms with van der Waals surface area (Å²) in [5, 5.41) is 3.13. The molecule has 3 rings (SSSR count). The smallest absolute Gasteiger partial charge is 0.145 e. The van der Waals surface area contributed by atoms with Gasteiger partial charge in [0, 0.05) is 46.5 Å². The van der Waals surface area contributed by atoms with Crippen molar-refractivity contribution in [3.05, 3.63) is 89.1 Å². The molecule has 0 saturated carbocycles. The van der Waals surface area contributed by atoms with Crippen LogP contribution < -0.4 is 10.2 Å². The predicted molar refractivity (Wildman–Crippen MR) is 166 cm³/mol. The number of carbonyl (C=O) groups excluding carboxylic acids is 1. The van der Waals surface area contributed by atoms with Crippen LogP contribution in [-0.2, 0) is 15.6 Å². The van der Waals surface area contributed by atoms with E-state index in [9.17, 15) is 17.8 Å². The van der Waals surface area contributed by atoms with E-state index in [-0.39, 0.29) is 4.90 Å². The topological polar surface area (TPSA) is 81.7 Å². The number of nitrogens with one attached hydrogen (secondary N) is 1. The molecular weight excluding hydrogens is 558 g/mol. The van der Waals surface area contributed by atoms with Crippen LogP contribution in [0, 0.1) is 12.7 Å². The number of alkyl halides is 1. The maximum Gasteiger partial charge on any atom is 0.145 e. The van der Waals surface area contributed by atoms with E-state index in [4.69, 9.17) is 0 Å². The highest BCUT2D eigenvalue weighted by Gasteiger charge is 2.21. The van der Waals surface area contributed by atoms with Crippen LogP contribution >= 0.6 is 0 Å². The van der Waals surface area contributed by atoms with Gasteiger partial charge in [-0.05, 0) is 56.2 Å². The second kappa shape index (κ2) is 15.4. The number of aryl methyl sites for hydroxylation is 1. The van der Waals surface area contributed by atoms with Gasteiger partial charge in [-0.25, -0.2) is 18.7 Å². The number of nitrogens with zero attached hydrogens (tertiary/aromatic N) is 5. The second-order valence-corrected chi connectivity index (χ2v) is 11.7. The summed E-state index contributed by atoms with van der Waals surface area (Å²) >= 11 is 0. The first kappa shape index (κ1) is 32.7. The van der Waals surface area contributed by atoms with Gasteiger partial charge in [0.25, 0.3) is 0 Å². The van der Waals surface area contributed by atoms with Gasteiger partial charge in [0.05, 0.1) is 45.5 Å². The minimum atomic E-state index is -1.49. The fourth-order valence-corrected chi connectivity index (χ4v) is 5.38. The Morgan fingerprint density at radius 2 is 1.76 bits per heavy atom. The van der Waals surface area contributed by atoms with Crippen molar-refractivity contribution in [3.8, 4) is 0 Å². The summed E-state index contributed by atoms with van der Waals surface area (Å²) in [7, 11) is 2.44. The fraction of sp³-hybridized carbons (Fsp3) is 0.387. The summed E-state index contributed by atoms with van der Waals surface area (Å²) in [5.41, 5.74) is 3.29. The van der Waals surface area contributed by atoms with E-state index in [1.165, 1.54) is 24.5 Å². The summed E-state index contributed by atoms with van der Waals surface area (Å²) in [4.78, 5) is 26.6. The van der Waals surface area contributed by atoms with E-state index in [2.05, 4.69) is 25.1 Å². The molecule has 0 amide bonds. The largest absolute Gasteiger partial charge is 0.375 e. The third kappa shape index (κ3) is 9.07. The molecule has 1 aromatic carbocycles. The molecule has 1 aliphatic rings. The van der Waals surface area contributed by atoms with Crippen LogP contribution in [0.2, 0.25) is 0 Å². The van der Waals surface area contributed by atoms with Crippen molar-refractivity contribution in [1.29, 1.82) is 0 Å². The number of aldehydes is 1. The molecule has 11 heteroatoms. The molecule has 1 fully saturated rings. The van der Waals surface area contributed by atoms with Crippen molar-refractivity contribution in [1.82, 2.24) is 19.8 Å². The quantitative estimate of drug-likeness (QED) is 0.215. The third-order valence-electron chi connectivity index (χ3n) is 6.79. The third-order valence-corrected chi connectivity index (χ3v) is 7.75. The average Bonchev–Trinajstić information content (AvgIpc) is 2.96. The number of anilines is 2. The number of piperazine rings is 1. The lowest BCUT2D eigenvalue weighted by molar-refractivity contribution is -0.104. The highest BCUT2D eigenvalue weighted by atomic mass is 32.2. The molecule has 226 valence electrons. The van der Waals surface area contributed by atoms with Crippen molar-refractivity contribution in [2.45, 2.75) is 31.7 Å². The van der Waals surface area contributed by atoms with Gasteiger partial charge in [0.15, 0.2) is 0 Å². The predicted octanol–water partition coefficient (Wildman–Crippen LogP) is 4.65. The van der Waals surface area contributed by atoms with Gasteiger partial charge in [-0.2, -0.15) is 0 Å². The number of halogens is 2. The van der Waals surface area contributed by atoms with Gasteiger partial charge in [-0.3, -0.25) is 9.00 Å². The van der Waals surface area contributed by atoms with E-state index < -0.39 is 29.3 Å². The van der Waals surface area contributed by atoms with Crippen molar-refractivity contribution in [2.75, 3.05) is 63.4 Å². The summed E-state index contributed by atoms with van der Waals surface area (Å²) in [6, 6.07) is 3.09. The molecule has 1 unspecified atom stereocenters. The minimum Gasteiger partial charge on any atom is -0.375 e. The van der Waals surface area contributed by atoms with Gasteiger partial charge in [0.1, 0.15) is 30.4 Å². The van der Waals surface area contributed by atoms with Gasteiger partial charge in [-0.1, -0.05) is 23.8 Å². The summed E-state index contributed by atoms with van der Waals surface area (Å²) in [5.74, 6) is 1.17. The Kier molecular flexibility index (Phi) is 12.0. The van der Waals surface area contributed by atoms with Crippen LogP contribution in [0.3, 0.4) is 0 Å². The summed E-state index contributed by atoms with van der Waals surface area (Å²) < 4.78 is 40.8. The van der Waals surface area contributed by atoms with Crippen molar-refractivity contribution in [3.63, 3.8) is 0 Å². The Morgan fingerprint density at radius 1 is 1.10 bits per heavy atom. The van der Waals surface area contributed by atoms with Gasteiger partial charge in [-0.15, -0.1) is 0 Å². The van der Waals surface area contributed by atoms with Crippen LogP contribution in [0.15, 0.2) is 82.3 Å². The molecule has 2 heterocycles. The maximum absolute atomic E-state index is 14.6. The molecule has 0 aliphatic carbocycles. The monoisotopic (exact) mass is 598 g/mol. The highest BCUT2D eigenvalue weighted by molar-refractivity contribution is 7.84. The number of hydrogen-bond acceptors (Lipinski definition) is 8. The van der Waals surface area contributed by atoms with Crippen LogP contribution in [0.4, 0.5) is 20.2 Å². The maximum atomic E-state index is 14.6. The zero-order valence-corrected chi connectivity index (χ0v) is 25.9. The Bertz CT molecular complexity index is 1380. The van der Waals surface area contributed by atoms with Gasteiger partial charge >= 0.3 is 0 Å². The Labute approximate surface area is 250 Å². The zero-order valence-electron chi connectivity index (χ0n) is 25.1. The Morgan fingerprint density at radius 3 is 2.33 bits per heavy atom. The van der Waals surface area contributed by atoms with Crippen LogP contribution in [0.5, 0.6) is 0 Å². The number of hydrogen-bond donors (Lipinski definition) is 1. The fourth-order valence-electron chi connectivity index (χ4n) is 4.67. The van der Waals surface area contributed by atoms with E-state index in [1.807, 2.05) is 63.5 Å². The van der Waals surface area contributed by atoms with Gasteiger partial charge < -0.3 is 20.0 Å². The van der Waals surface area contributed by atoms with E-state index >= 15 is 0 Å². The number of carbonyl (C=O) groups is 1. The molecule has 2 aromatic rings. The van der Waals surface area contributed by atoms with Gasteiger partial charge in [0.2, 0.25) is 0 Å². The number of allylic oxidation sites excluding steroid dienone is 5. The number of benzene rings is 1. The Balaban J connectivity index is 1.95. The Hall–Kier alpha value is -3.86. The summed E-state index contributed by atoms with van der Waals surface area (Å²) in [6.45, 7) is 7.74. The molecule has 8 nitrogen and oxygen atoms in total. The lowest BCUT2D eigenvalue weighted by Gasteiger charge is -2.40. The first-order valence-electron chi connectivity index (χ1n) is 13.7. The average molecular weight is 599 g/mol. The molecule has 0 radical (unpaired) electrons. The van der Waals surface area contributed by atoms with E-state index in [1.54, 1.807) is 13.0 Å². The number of aromatic nitrogens is 2. The highest BCUT2D eigenvalue weighted by Crippen LogP contribution is 2.25. The zero-order chi connectivity index (χ0) is 30.8. The van der Waals surface area contributed by atoms with Crippen molar-refractivity contribution < 1.29 is 17.8 Å². The molecule has 1 aromatic heterocycles. The standard InChI is InChI=1S/C31H40F2N6O2S/c1-22(15-23(2)21-40)16-25(29(18-32)36-28-9-8-26(33)17-30(28)42(6)41)7-10-31(37(4)5)39-13-11-38(12-14-39)27-19-34-24(3)35-20-27/h7-10,15-17,19-21,29,36H,11-14,18H2,1-6H3/b22-16-,23-15+,25-7-,31-10+/t29-,42?/m1/s1. The molecular formula is C31H40F2N6O2S. The number of rotatable bonds is 12. The lowest BCUT2D eigenvalue weighted by atomic mass is 10.0. The van der Waals surface area contributed by atoms with Crippen LogP contribution in [0.1, 0.15) is 19.7 Å². The van der Waals surface area contributed by atoms with Crippen molar-refractivity contribution in [2.24, 2.45) is 0 Å². The van der Waals surface area contributed by atoms with Crippen LogP contribution in [0.25, 0.3) is 0 Å². The molecule has 1 aliphatic heterocycles. The molecule has 1 N–H and O–H groups in total.